The lowest BCUT2D eigenvalue weighted by molar-refractivity contribution is -0.122. The van der Waals surface area contributed by atoms with Crippen LogP contribution in [0.3, 0.4) is 0 Å². The number of carbonyl (C=O) groups is 2. The number of nitriles is 1. The third kappa shape index (κ3) is 4.28. The average Bonchev–Trinajstić information content (AvgIpc) is 2.88. The predicted molar refractivity (Wildman–Crippen MR) is 115 cm³/mol. The molecule has 4 rings (SSSR count). The van der Waals surface area contributed by atoms with Gasteiger partial charge in [0.15, 0.2) is 0 Å². The molecule has 0 saturated heterocycles. The van der Waals surface area contributed by atoms with E-state index in [4.69, 9.17) is 0 Å². The molecule has 0 aliphatic carbocycles. The minimum Gasteiger partial charge on any atom is -0.325 e. The number of fused-ring (bicyclic) bond motifs is 3. The first kappa shape index (κ1) is 22.0. The molecule has 0 unspecified atom stereocenters. The van der Waals surface area contributed by atoms with Gasteiger partial charge in [-0.1, -0.05) is 18.2 Å². The van der Waals surface area contributed by atoms with Crippen molar-refractivity contribution in [3.63, 3.8) is 0 Å². The molecule has 1 aliphatic heterocycles. The second-order valence-corrected chi connectivity index (χ2v) is 7.55. The van der Waals surface area contributed by atoms with Crippen LogP contribution in [0, 0.1) is 17.1 Å². The molecule has 0 bridgehead atoms. The summed E-state index contributed by atoms with van der Waals surface area (Å²) in [6.45, 7) is 1.20. The number of benzene rings is 2. The van der Waals surface area contributed by atoms with Crippen molar-refractivity contribution in [2.45, 2.75) is 19.3 Å². The number of hydrogen-bond acceptors (Lipinski definition) is 4. The fourth-order valence-electron chi connectivity index (χ4n) is 3.75. The third-order valence-corrected chi connectivity index (χ3v) is 5.39. The van der Waals surface area contributed by atoms with Gasteiger partial charge in [-0.15, -0.1) is 0 Å². The zero-order valence-electron chi connectivity index (χ0n) is 17.3. The number of pyridine rings is 1. The van der Waals surface area contributed by atoms with Gasteiger partial charge in [-0.2, -0.15) is 5.26 Å². The molecule has 33 heavy (non-hydrogen) atoms. The smallest absolute Gasteiger partial charge is 0.263 e. The highest BCUT2D eigenvalue weighted by atomic mass is 19.3. The number of anilines is 2. The molecule has 2 amide bonds. The molecular formula is C24H17F3N4O2. The van der Waals surface area contributed by atoms with Gasteiger partial charge in [0.2, 0.25) is 11.8 Å². The average molecular weight is 450 g/mol. The molecule has 3 aromatic rings. The van der Waals surface area contributed by atoms with Gasteiger partial charge < -0.3 is 10.2 Å². The van der Waals surface area contributed by atoms with E-state index in [-0.39, 0.29) is 22.5 Å². The van der Waals surface area contributed by atoms with Crippen LogP contribution in [0.1, 0.15) is 36.1 Å². The Hall–Kier alpha value is -4.19. The number of carbonyl (C=O) groups excluding carboxylic acids is 2. The van der Waals surface area contributed by atoms with E-state index < -0.39 is 36.5 Å². The fraction of sp³-hybridized carbons (Fsp3) is 0.167. The van der Waals surface area contributed by atoms with Crippen molar-refractivity contribution >= 4 is 23.2 Å². The number of nitrogens with zero attached hydrogens (tertiary/aromatic N) is 3. The number of amides is 2. The van der Waals surface area contributed by atoms with Crippen molar-refractivity contribution in [2.24, 2.45) is 0 Å². The van der Waals surface area contributed by atoms with E-state index in [2.05, 4.69) is 10.3 Å². The Labute approximate surface area is 187 Å². The van der Waals surface area contributed by atoms with Gasteiger partial charge in [0, 0.05) is 22.4 Å². The molecule has 0 spiro atoms. The summed E-state index contributed by atoms with van der Waals surface area (Å²) < 4.78 is 39.5. The Morgan fingerprint density at radius 2 is 1.91 bits per heavy atom. The van der Waals surface area contributed by atoms with Crippen molar-refractivity contribution in [3.05, 3.63) is 77.4 Å². The lowest BCUT2D eigenvalue weighted by atomic mass is 9.97. The number of nitrogens with one attached hydrogen (secondary N) is 1. The van der Waals surface area contributed by atoms with Gasteiger partial charge in [-0.05, 0) is 37.3 Å². The van der Waals surface area contributed by atoms with E-state index in [9.17, 15) is 28.0 Å². The number of rotatable bonds is 4. The van der Waals surface area contributed by atoms with Gasteiger partial charge in [0.05, 0.1) is 35.1 Å². The summed E-state index contributed by atoms with van der Waals surface area (Å²) >= 11 is 0. The van der Waals surface area contributed by atoms with E-state index in [1.165, 1.54) is 47.4 Å². The van der Waals surface area contributed by atoms with Gasteiger partial charge in [-0.25, -0.2) is 13.2 Å². The van der Waals surface area contributed by atoms with E-state index in [0.29, 0.717) is 16.8 Å². The zero-order valence-corrected chi connectivity index (χ0v) is 17.3. The number of halogens is 3. The van der Waals surface area contributed by atoms with Crippen LogP contribution >= 0.6 is 0 Å². The monoisotopic (exact) mass is 450 g/mol. The zero-order chi connectivity index (χ0) is 23.7. The minimum atomic E-state index is -2.63. The lowest BCUT2D eigenvalue weighted by Crippen LogP contribution is -2.40. The quantitative estimate of drug-likeness (QED) is 0.620. The summed E-state index contributed by atoms with van der Waals surface area (Å²) in [4.78, 5) is 31.4. The predicted octanol–water partition coefficient (Wildman–Crippen LogP) is 4.79. The number of hydrogen-bond donors (Lipinski definition) is 1. The van der Waals surface area contributed by atoms with Crippen LogP contribution in [-0.2, 0) is 9.59 Å². The SMILES string of the molecule is C[C@@H]1C(=O)N(CC(=O)Nc2ccc(C(F)F)cc2)c2cc(C#N)ccc2-c2cc(F)cnc21. The van der Waals surface area contributed by atoms with Gasteiger partial charge in [0.25, 0.3) is 6.43 Å². The summed E-state index contributed by atoms with van der Waals surface area (Å²) in [5.74, 6) is -2.38. The minimum absolute atomic E-state index is 0.181. The van der Waals surface area contributed by atoms with Crippen molar-refractivity contribution in [2.75, 3.05) is 16.8 Å². The molecular weight excluding hydrogens is 433 g/mol. The third-order valence-electron chi connectivity index (χ3n) is 5.39. The second kappa shape index (κ2) is 8.74. The Morgan fingerprint density at radius 3 is 2.58 bits per heavy atom. The second-order valence-electron chi connectivity index (χ2n) is 7.55. The van der Waals surface area contributed by atoms with Crippen LogP contribution < -0.4 is 10.2 Å². The molecule has 1 atom stereocenters. The van der Waals surface area contributed by atoms with Gasteiger partial charge >= 0.3 is 0 Å². The Balaban J connectivity index is 1.70. The van der Waals surface area contributed by atoms with E-state index in [1.807, 2.05) is 6.07 Å². The molecule has 0 radical (unpaired) electrons. The summed E-state index contributed by atoms with van der Waals surface area (Å²) in [7, 11) is 0. The highest BCUT2D eigenvalue weighted by Gasteiger charge is 2.34. The largest absolute Gasteiger partial charge is 0.325 e. The van der Waals surface area contributed by atoms with Crippen LogP contribution in [-0.4, -0.2) is 23.3 Å². The van der Waals surface area contributed by atoms with Crippen LogP contribution in [0.5, 0.6) is 0 Å². The Morgan fingerprint density at radius 1 is 1.18 bits per heavy atom. The normalized spacial score (nSPS) is 14.8. The highest BCUT2D eigenvalue weighted by molar-refractivity contribution is 6.09. The summed E-state index contributed by atoms with van der Waals surface area (Å²) in [6.07, 6.45) is -1.60. The first-order valence-corrected chi connectivity index (χ1v) is 9.97. The molecule has 2 heterocycles. The Kier molecular flexibility index (Phi) is 5.84. The molecule has 1 N–H and O–H groups in total. The van der Waals surface area contributed by atoms with Crippen molar-refractivity contribution in [1.82, 2.24) is 4.98 Å². The fourth-order valence-corrected chi connectivity index (χ4v) is 3.75. The molecule has 0 fully saturated rings. The maximum atomic E-state index is 14.0. The molecule has 1 aromatic heterocycles. The molecule has 166 valence electrons. The van der Waals surface area contributed by atoms with Crippen LogP contribution in [0.2, 0.25) is 0 Å². The number of alkyl halides is 2. The van der Waals surface area contributed by atoms with Crippen molar-refractivity contribution < 1.29 is 22.8 Å². The first-order valence-electron chi connectivity index (χ1n) is 9.97. The first-order chi connectivity index (χ1) is 15.8. The maximum Gasteiger partial charge on any atom is 0.263 e. The Bertz CT molecular complexity index is 1290. The maximum absolute atomic E-state index is 14.0. The topological polar surface area (TPSA) is 86.1 Å². The molecule has 0 saturated carbocycles. The van der Waals surface area contributed by atoms with Crippen molar-refractivity contribution in [3.8, 4) is 17.2 Å². The standard InChI is InChI=1S/C24H17F3N4O2/c1-13-22-19(9-16(25)11-29-22)18-7-2-14(10-28)8-20(18)31(24(13)33)12-21(32)30-17-5-3-15(4-6-17)23(26)27/h2-9,11,13,23H,12H2,1H3,(H,30,32)/t13-/m0/s1. The van der Waals surface area contributed by atoms with Crippen molar-refractivity contribution in [1.29, 1.82) is 5.26 Å². The molecule has 1 aliphatic rings. The lowest BCUT2D eigenvalue weighted by Gasteiger charge is -2.24. The van der Waals surface area contributed by atoms with Crippen LogP contribution in [0.15, 0.2) is 54.7 Å². The highest BCUT2D eigenvalue weighted by Crippen LogP contribution is 2.40. The van der Waals surface area contributed by atoms with E-state index in [0.717, 1.165) is 6.20 Å². The van der Waals surface area contributed by atoms with Crippen LogP contribution in [0.25, 0.3) is 11.1 Å². The molecule has 9 heteroatoms. The van der Waals surface area contributed by atoms with E-state index in [1.54, 1.807) is 13.0 Å². The van der Waals surface area contributed by atoms with E-state index >= 15 is 0 Å². The summed E-state index contributed by atoms with van der Waals surface area (Å²) in [5.41, 5.74) is 1.87. The van der Waals surface area contributed by atoms with Gasteiger partial charge in [0.1, 0.15) is 12.4 Å². The van der Waals surface area contributed by atoms with Crippen LogP contribution in [0.4, 0.5) is 24.5 Å². The molecule has 6 nitrogen and oxygen atoms in total. The number of aromatic nitrogens is 1. The summed E-state index contributed by atoms with van der Waals surface area (Å²) in [5, 5.41) is 11.9. The van der Waals surface area contributed by atoms with Gasteiger partial charge in [-0.3, -0.25) is 14.6 Å². The summed E-state index contributed by atoms with van der Waals surface area (Å²) in [6, 6.07) is 12.9. The molecule has 2 aromatic carbocycles.